The average Bonchev–Trinajstić information content (AvgIpc) is 2.46. The first-order valence-corrected chi connectivity index (χ1v) is 7.65. The zero-order valence-electron chi connectivity index (χ0n) is 12.7. The van der Waals surface area contributed by atoms with Crippen LogP contribution in [0.4, 0.5) is 5.69 Å². The Bertz CT molecular complexity index is 504. The van der Waals surface area contributed by atoms with Crippen molar-refractivity contribution in [2.75, 3.05) is 6.54 Å². The highest BCUT2D eigenvalue weighted by molar-refractivity contribution is 5.43. The Morgan fingerprint density at radius 2 is 2.14 bits per heavy atom. The summed E-state index contributed by atoms with van der Waals surface area (Å²) in [6.07, 6.45) is 4.00. The maximum atomic E-state index is 11.0. The van der Waals surface area contributed by atoms with E-state index >= 15 is 0 Å². The van der Waals surface area contributed by atoms with Crippen molar-refractivity contribution in [1.29, 1.82) is 0 Å². The maximum absolute atomic E-state index is 11.0. The second-order valence-corrected chi connectivity index (χ2v) is 6.04. The van der Waals surface area contributed by atoms with E-state index in [1.54, 1.807) is 19.1 Å². The van der Waals surface area contributed by atoms with Crippen LogP contribution in [-0.2, 0) is 0 Å². The highest BCUT2D eigenvalue weighted by Gasteiger charge is 2.23. The molecule has 0 aromatic heterocycles. The molecule has 2 N–H and O–H groups in total. The van der Waals surface area contributed by atoms with Gasteiger partial charge in [-0.15, -0.1) is 0 Å². The number of rotatable bonds is 5. The molecule has 3 atom stereocenters. The minimum atomic E-state index is -0.337. The van der Waals surface area contributed by atoms with E-state index in [2.05, 4.69) is 5.32 Å². The lowest BCUT2D eigenvalue weighted by atomic mass is 9.86. The fraction of sp³-hybridized carbons (Fsp3) is 0.625. The zero-order chi connectivity index (χ0) is 15.4. The van der Waals surface area contributed by atoms with Crippen LogP contribution in [0.1, 0.15) is 49.8 Å². The first-order chi connectivity index (χ1) is 9.99. The van der Waals surface area contributed by atoms with Crippen LogP contribution in [0.5, 0.6) is 0 Å². The fourth-order valence-electron chi connectivity index (χ4n) is 2.96. The lowest BCUT2D eigenvalue weighted by Gasteiger charge is -2.29. The van der Waals surface area contributed by atoms with Gasteiger partial charge < -0.3 is 10.4 Å². The third-order valence-corrected chi connectivity index (χ3v) is 4.49. The summed E-state index contributed by atoms with van der Waals surface area (Å²) < 4.78 is 0. The van der Waals surface area contributed by atoms with E-state index in [0.29, 0.717) is 11.5 Å². The lowest BCUT2D eigenvalue weighted by Crippen LogP contribution is -2.34. The number of hydrogen-bond acceptors (Lipinski definition) is 4. The topological polar surface area (TPSA) is 75.4 Å². The second kappa shape index (κ2) is 7.00. The molecule has 0 saturated heterocycles. The van der Waals surface area contributed by atoms with Crippen LogP contribution in [0.3, 0.4) is 0 Å². The molecule has 1 aromatic carbocycles. The minimum absolute atomic E-state index is 0.0402. The smallest absolute Gasteiger partial charge is 0.272 e. The number of nitrogens with zero attached hydrogens (tertiary/aromatic N) is 1. The zero-order valence-corrected chi connectivity index (χ0v) is 12.7. The normalized spacial score (nSPS) is 23.8. The van der Waals surface area contributed by atoms with E-state index in [1.807, 2.05) is 13.0 Å². The molecule has 1 saturated carbocycles. The van der Waals surface area contributed by atoms with E-state index in [-0.39, 0.29) is 22.8 Å². The molecule has 21 heavy (non-hydrogen) atoms. The van der Waals surface area contributed by atoms with Crippen molar-refractivity contribution in [3.63, 3.8) is 0 Å². The van der Waals surface area contributed by atoms with Gasteiger partial charge in [-0.1, -0.05) is 25.0 Å². The third-order valence-electron chi connectivity index (χ3n) is 4.49. The van der Waals surface area contributed by atoms with Crippen LogP contribution in [0.2, 0.25) is 0 Å². The SMILES string of the molecule is Cc1ccc(C(C)NCC2CCCCC2O)cc1[N+](=O)[O-]. The number of aliphatic hydroxyl groups excluding tert-OH is 1. The average molecular weight is 292 g/mol. The largest absolute Gasteiger partial charge is 0.393 e. The van der Waals surface area contributed by atoms with E-state index < -0.39 is 0 Å². The molecule has 1 fully saturated rings. The van der Waals surface area contributed by atoms with Crippen molar-refractivity contribution in [2.24, 2.45) is 5.92 Å². The number of benzene rings is 1. The van der Waals surface area contributed by atoms with Gasteiger partial charge in [0, 0.05) is 24.2 Å². The molecule has 0 bridgehead atoms. The standard InChI is InChI=1S/C16H24N2O3/c1-11-7-8-13(9-15(11)18(20)21)12(2)17-10-14-5-3-4-6-16(14)19/h7-9,12,14,16-17,19H,3-6,10H2,1-2H3. The second-order valence-electron chi connectivity index (χ2n) is 6.04. The number of nitrogens with one attached hydrogen (secondary N) is 1. The van der Waals surface area contributed by atoms with E-state index in [1.165, 1.54) is 6.42 Å². The molecule has 5 heteroatoms. The van der Waals surface area contributed by atoms with Crippen molar-refractivity contribution in [1.82, 2.24) is 5.32 Å². The van der Waals surface area contributed by atoms with Gasteiger partial charge in [0.1, 0.15) is 0 Å². The van der Waals surface area contributed by atoms with Crippen LogP contribution in [-0.4, -0.2) is 22.7 Å². The summed E-state index contributed by atoms with van der Waals surface area (Å²) in [5.74, 6) is 0.293. The Hall–Kier alpha value is -1.46. The van der Waals surface area contributed by atoms with Gasteiger partial charge in [-0.05, 0) is 38.2 Å². The molecular formula is C16H24N2O3. The highest BCUT2D eigenvalue weighted by atomic mass is 16.6. The van der Waals surface area contributed by atoms with E-state index in [9.17, 15) is 15.2 Å². The number of nitro benzene ring substituents is 1. The number of aryl methyl sites for hydroxylation is 1. The summed E-state index contributed by atoms with van der Waals surface area (Å²) >= 11 is 0. The summed E-state index contributed by atoms with van der Waals surface area (Å²) in [6, 6.07) is 5.40. The van der Waals surface area contributed by atoms with Gasteiger partial charge in [-0.25, -0.2) is 0 Å². The highest BCUT2D eigenvalue weighted by Crippen LogP contribution is 2.26. The first kappa shape index (κ1) is 15.9. The predicted molar refractivity (Wildman–Crippen MR) is 82.2 cm³/mol. The third kappa shape index (κ3) is 4.02. The Kier molecular flexibility index (Phi) is 5.31. The fourth-order valence-corrected chi connectivity index (χ4v) is 2.96. The van der Waals surface area contributed by atoms with E-state index in [4.69, 9.17) is 0 Å². The number of nitro groups is 1. The molecule has 0 spiro atoms. The molecule has 3 unspecified atom stereocenters. The molecule has 0 radical (unpaired) electrons. The molecule has 0 amide bonds. The molecule has 1 aromatic rings. The first-order valence-electron chi connectivity index (χ1n) is 7.65. The maximum Gasteiger partial charge on any atom is 0.272 e. The van der Waals surface area contributed by atoms with Gasteiger partial charge in [-0.3, -0.25) is 10.1 Å². The summed E-state index contributed by atoms with van der Waals surface area (Å²) in [6.45, 7) is 4.51. The predicted octanol–water partition coefficient (Wildman–Crippen LogP) is 3.10. The summed E-state index contributed by atoms with van der Waals surface area (Å²) in [4.78, 5) is 10.7. The molecular weight excluding hydrogens is 268 g/mol. The van der Waals surface area contributed by atoms with Gasteiger partial charge in [-0.2, -0.15) is 0 Å². The van der Waals surface area contributed by atoms with Crippen molar-refractivity contribution >= 4 is 5.69 Å². The van der Waals surface area contributed by atoms with Crippen LogP contribution in [0, 0.1) is 23.0 Å². The van der Waals surface area contributed by atoms with Crippen LogP contribution >= 0.6 is 0 Å². The van der Waals surface area contributed by atoms with Crippen molar-refractivity contribution < 1.29 is 10.0 Å². The summed E-state index contributed by atoms with van der Waals surface area (Å²) in [7, 11) is 0. The monoisotopic (exact) mass is 292 g/mol. The van der Waals surface area contributed by atoms with Crippen LogP contribution in [0.25, 0.3) is 0 Å². The van der Waals surface area contributed by atoms with Gasteiger partial charge >= 0.3 is 0 Å². The summed E-state index contributed by atoms with van der Waals surface area (Å²) in [5, 5.41) is 24.4. The van der Waals surface area contributed by atoms with Crippen LogP contribution in [0.15, 0.2) is 18.2 Å². The van der Waals surface area contributed by atoms with Crippen LogP contribution < -0.4 is 5.32 Å². The number of hydrogen-bond donors (Lipinski definition) is 2. The van der Waals surface area contributed by atoms with Gasteiger partial charge in [0.25, 0.3) is 5.69 Å². The Morgan fingerprint density at radius 1 is 1.43 bits per heavy atom. The molecule has 1 aliphatic rings. The van der Waals surface area contributed by atoms with Crippen molar-refractivity contribution in [2.45, 2.75) is 51.7 Å². The molecule has 2 rings (SSSR count). The molecule has 5 nitrogen and oxygen atoms in total. The molecule has 116 valence electrons. The number of aliphatic hydroxyl groups is 1. The molecule has 0 aliphatic heterocycles. The van der Waals surface area contributed by atoms with Gasteiger partial charge in [0.15, 0.2) is 0 Å². The van der Waals surface area contributed by atoms with Crippen molar-refractivity contribution in [3.8, 4) is 0 Å². The Balaban J connectivity index is 1.98. The van der Waals surface area contributed by atoms with Gasteiger partial charge in [0.05, 0.1) is 11.0 Å². The molecule has 0 heterocycles. The quantitative estimate of drug-likeness (QED) is 0.646. The molecule has 1 aliphatic carbocycles. The van der Waals surface area contributed by atoms with Gasteiger partial charge in [0.2, 0.25) is 0 Å². The van der Waals surface area contributed by atoms with Crippen molar-refractivity contribution in [3.05, 3.63) is 39.4 Å². The lowest BCUT2D eigenvalue weighted by molar-refractivity contribution is -0.385. The minimum Gasteiger partial charge on any atom is -0.393 e. The summed E-state index contributed by atoms with van der Waals surface area (Å²) in [5.41, 5.74) is 1.76. The Labute approximate surface area is 125 Å². The Morgan fingerprint density at radius 3 is 2.81 bits per heavy atom. The van der Waals surface area contributed by atoms with E-state index in [0.717, 1.165) is 31.4 Å².